The van der Waals surface area contributed by atoms with Crippen molar-refractivity contribution in [3.8, 4) is 22.6 Å². The zero-order chi connectivity index (χ0) is 22.9. The standard InChI is InChI=1S/C23H17FN8O/c24-15-6-4-14(5-7-15)21-22(31-12-2-1-3-19(31)29-21)17-8-9-20-27-18(13-32(20)30-17)28-23(33)16(26)10-11-25/h1-13,26H,25H2,(H,28,33)/b11-10-,26-16?. The Morgan fingerprint density at radius 1 is 1.06 bits per heavy atom. The molecule has 0 fully saturated rings. The molecule has 0 bridgehead atoms. The summed E-state index contributed by atoms with van der Waals surface area (Å²) in [6.45, 7) is 0. The van der Waals surface area contributed by atoms with E-state index in [2.05, 4.69) is 15.4 Å². The van der Waals surface area contributed by atoms with Crippen LogP contribution in [0, 0.1) is 11.2 Å². The number of nitrogens with two attached hydrogens (primary N) is 1. The number of fused-ring (bicyclic) bond motifs is 2. The summed E-state index contributed by atoms with van der Waals surface area (Å²) in [7, 11) is 0. The lowest BCUT2D eigenvalue weighted by Gasteiger charge is -2.05. The minimum atomic E-state index is -0.638. The average Bonchev–Trinajstić information content (AvgIpc) is 3.40. The van der Waals surface area contributed by atoms with E-state index < -0.39 is 5.91 Å². The Morgan fingerprint density at radius 2 is 1.88 bits per heavy atom. The Bertz CT molecular complexity index is 1550. The van der Waals surface area contributed by atoms with E-state index in [4.69, 9.17) is 16.1 Å². The zero-order valence-corrected chi connectivity index (χ0v) is 17.1. The number of aromatic nitrogens is 5. The second kappa shape index (κ2) is 8.00. The Balaban J connectivity index is 1.60. The third kappa shape index (κ3) is 3.69. The van der Waals surface area contributed by atoms with Gasteiger partial charge in [0, 0.05) is 11.8 Å². The largest absolute Gasteiger partial charge is 0.405 e. The summed E-state index contributed by atoms with van der Waals surface area (Å²) in [4.78, 5) is 21.1. The third-order valence-electron chi connectivity index (χ3n) is 4.96. The summed E-state index contributed by atoms with van der Waals surface area (Å²) in [6.07, 6.45) is 5.74. The van der Waals surface area contributed by atoms with E-state index in [1.54, 1.807) is 30.5 Å². The van der Waals surface area contributed by atoms with Crippen molar-refractivity contribution in [2.45, 2.75) is 0 Å². The lowest BCUT2D eigenvalue weighted by atomic mass is 10.1. The molecule has 4 aromatic heterocycles. The Hall–Kier alpha value is -4.86. The second-order valence-electron chi connectivity index (χ2n) is 7.12. The van der Waals surface area contributed by atoms with Crippen molar-refractivity contribution in [3.05, 3.63) is 85.1 Å². The SMILES string of the molecule is N=C(/C=C\N)C(=O)Nc1cn2nc(-c3c(-c4ccc(F)cc4)nc4ccccn34)ccc2n1. The molecule has 10 heteroatoms. The summed E-state index contributed by atoms with van der Waals surface area (Å²) in [6, 6.07) is 15.4. The molecule has 0 atom stereocenters. The van der Waals surface area contributed by atoms with Gasteiger partial charge in [0.2, 0.25) is 0 Å². The Labute approximate surface area is 186 Å². The van der Waals surface area contributed by atoms with E-state index in [-0.39, 0.29) is 17.3 Å². The lowest BCUT2D eigenvalue weighted by molar-refractivity contribution is -0.110. The molecule has 33 heavy (non-hydrogen) atoms. The Morgan fingerprint density at radius 3 is 2.67 bits per heavy atom. The van der Waals surface area contributed by atoms with Crippen LogP contribution in [0.15, 0.2) is 79.3 Å². The van der Waals surface area contributed by atoms with Crippen LogP contribution in [-0.2, 0) is 4.79 Å². The average molecular weight is 440 g/mol. The van der Waals surface area contributed by atoms with Gasteiger partial charge in [0.15, 0.2) is 11.5 Å². The van der Waals surface area contributed by atoms with Gasteiger partial charge in [-0.15, -0.1) is 0 Å². The predicted molar refractivity (Wildman–Crippen MR) is 122 cm³/mol. The normalized spacial score (nSPS) is 11.4. The molecule has 0 aliphatic carbocycles. The van der Waals surface area contributed by atoms with Crippen LogP contribution < -0.4 is 11.1 Å². The van der Waals surface area contributed by atoms with Crippen LogP contribution in [0.25, 0.3) is 33.9 Å². The molecule has 162 valence electrons. The molecule has 9 nitrogen and oxygen atoms in total. The third-order valence-corrected chi connectivity index (χ3v) is 4.96. The van der Waals surface area contributed by atoms with Gasteiger partial charge in [-0.2, -0.15) is 5.10 Å². The van der Waals surface area contributed by atoms with E-state index in [9.17, 15) is 9.18 Å². The molecule has 0 unspecified atom stereocenters. The molecule has 0 saturated carbocycles. The van der Waals surface area contributed by atoms with Crippen molar-refractivity contribution in [3.63, 3.8) is 0 Å². The number of nitrogens with zero attached hydrogens (tertiary/aromatic N) is 5. The molecular formula is C23H17FN8O. The fourth-order valence-corrected chi connectivity index (χ4v) is 3.47. The first-order chi connectivity index (χ1) is 16.0. The first-order valence-corrected chi connectivity index (χ1v) is 9.91. The molecule has 4 N–H and O–H groups in total. The van der Waals surface area contributed by atoms with Crippen LogP contribution in [0.2, 0.25) is 0 Å². The highest BCUT2D eigenvalue weighted by Crippen LogP contribution is 2.32. The number of carbonyl (C=O) groups is 1. The van der Waals surface area contributed by atoms with Gasteiger partial charge in [-0.3, -0.25) is 14.6 Å². The second-order valence-corrected chi connectivity index (χ2v) is 7.12. The summed E-state index contributed by atoms with van der Waals surface area (Å²) in [5.41, 5.74) is 8.91. The maximum absolute atomic E-state index is 13.5. The van der Waals surface area contributed by atoms with Crippen LogP contribution in [0.4, 0.5) is 10.2 Å². The number of imidazole rings is 2. The van der Waals surface area contributed by atoms with Crippen molar-refractivity contribution >= 4 is 28.7 Å². The molecule has 0 saturated heterocycles. The van der Waals surface area contributed by atoms with E-state index in [1.165, 1.54) is 22.7 Å². The zero-order valence-electron chi connectivity index (χ0n) is 17.1. The van der Waals surface area contributed by atoms with Crippen LogP contribution in [0.5, 0.6) is 0 Å². The van der Waals surface area contributed by atoms with Gasteiger partial charge in [-0.05, 0) is 60.8 Å². The van der Waals surface area contributed by atoms with Gasteiger partial charge in [0.25, 0.3) is 5.91 Å². The molecule has 4 heterocycles. The van der Waals surface area contributed by atoms with E-state index in [1.807, 2.05) is 28.8 Å². The highest BCUT2D eigenvalue weighted by molar-refractivity contribution is 6.45. The first kappa shape index (κ1) is 20.1. The fraction of sp³-hybridized carbons (Fsp3) is 0. The molecular weight excluding hydrogens is 423 g/mol. The predicted octanol–water partition coefficient (Wildman–Crippen LogP) is 3.28. The number of hydrogen-bond acceptors (Lipinski definition) is 6. The number of benzene rings is 1. The van der Waals surface area contributed by atoms with Crippen LogP contribution in [0.1, 0.15) is 0 Å². The number of carbonyl (C=O) groups excluding carboxylic acids is 1. The molecule has 5 aromatic rings. The maximum atomic E-state index is 13.5. The number of amides is 1. The van der Waals surface area contributed by atoms with Crippen molar-refractivity contribution in [2.75, 3.05) is 5.32 Å². The summed E-state index contributed by atoms with van der Waals surface area (Å²) in [5.74, 6) is -0.718. The van der Waals surface area contributed by atoms with Gasteiger partial charge >= 0.3 is 0 Å². The van der Waals surface area contributed by atoms with Crippen LogP contribution in [0.3, 0.4) is 0 Å². The van der Waals surface area contributed by atoms with Crippen molar-refractivity contribution in [2.24, 2.45) is 5.73 Å². The van der Waals surface area contributed by atoms with E-state index in [0.29, 0.717) is 17.0 Å². The quantitative estimate of drug-likeness (QED) is 0.362. The molecule has 0 spiro atoms. The highest BCUT2D eigenvalue weighted by atomic mass is 19.1. The minimum Gasteiger partial charge on any atom is -0.405 e. The van der Waals surface area contributed by atoms with Crippen molar-refractivity contribution in [1.29, 1.82) is 5.41 Å². The minimum absolute atomic E-state index is 0.247. The summed E-state index contributed by atoms with van der Waals surface area (Å²) < 4.78 is 16.9. The molecule has 0 aliphatic rings. The first-order valence-electron chi connectivity index (χ1n) is 9.91. The van der Waals surface area contributed by atoms with E-state index >= 15 is 0 Å². The van der Waals surface area contributed by atoms with Crippen LogP contribution in [-0.4, -0.2) is 35.6 Å². The number of rotatable bonds is 5. The molecule has 1 amide bonds. The van der Waals surface area contributed by atoms with Gasteiger partial charge in [0.05, 0.1) is 11.9 Å². The molecule has 0 aliphatic heterocycles. The Kier molecular flexibility index (Phi) is 4.87. The van der Waals surface area contributed by atoms with Crippen molar-refractivity contribution in [1.82, 2.24) is 24.0 Å². The molecule has 1 aromatic carbocycles. The van der Waals surface area contributed by atoms with Crippen LogP contribution >= 0.6 is 0 Å². The lowest BCUT2D eigenvalue weighted by Crippen LogP contribution is -2.20. The van der Waals surface area contributed by atoms with Gasteiger partial charge in [-0.25, -0.2) is 18.9 Å². The number of pyridine rings is 1. The number of nitrogens with one attached hydrogen (secondary N) is 2. The van der Waals surface area contributed by atoms with E-state index in [0.717, 1.165) is 23.1 Å². The maximum Gasteiger partial charge on any atom is 0.274 e. The molecule has 5 rings (SSSR count). The van der Waals surface area contributed by atoms with Gasteiger partial charge in [-0.1, -0.05) is 6.07 Å². The van der Waals surface area contributed by atoms with Crippen molar-refractivity contribution < 1.29 is 9.18 Å². The monoisotopic (exact) mass is 440 g/mol. The smallest absolute Gasteiger partial charge is 0.274 e. The fourth-order valence-electron chi connectivity index (χ4n) is 3.47. The molecule has 0 radical (unpaired) electrons. The highest BCUT2D eigenvalue weighted by Gasteiger charge is 2.18. The van der Waals surface area contributed by atoms with Gasteiger partial charge < -0.3 is 11.1 Å². The summed E-state index contributed by atoms with van der Waals surface area (Å²) in [5, 5.41) is 14.8. The number of hydrogen-bond donors (Lipinski definition) is 3. The topological polar surface area (TPSA) is 126 Å². The van der Waals surface area contributed by atoms with Gasteiger partial charge in [0.1, 0.15) is 28.6 Å². The number of halogens is 1. The summed E-state index contributed by atoms with van der Waals surface area (Å²) >= 11 is 0. The number of anilines is 1.